The molecule has 3 aromatic carbocycles. The van der Waals surface area contributed by atoms with E-state index in [4.69, 9.17) is 14.2 Å². The van der Waals surface area contributed by atoms with Gasteiger partial charge in [-0.1, -0.05) is 194 Å². The van der Waals surface area contributed by atoms with E-state index in [2.05, 4.69) is 97.9 Å². The van der Waals surface area contributed by atoms with Gasteiger partial charge in [-0.2, -0.15) is 0 Å². The molecule has 0 bridgehead atoms. The average Bonchev–Trinajstić information content (AvgIpc) is 3.08. The van der Waals surface area contributed by atoms with Crippen LogP contribution in [0.2, 0.25) is 0 Å². The van der Waals surface area contributed by atoms with E-state index in [1.807, 2.05) is 0 Å². The van der Waals surface area contributed by atoms with Crippen LogP contribution in [0.25, 0.3) is 0 Å². The van der Waals surface area contributed by atoms with Crippen molar-refractivity contribution in [2.75, 3.05) is 26.9 Å². The molecular weight excluding hydrogens is 540 g/mol. The number of unbranched alkanes of at least 4 members (excludes halogenated alkanes) is 15. The molecule has 0 aliphatic rings. The minimum Gasteiger partial charge on any atom is -0.379 e. The third-order valence-corrected chi connectivity index (χ3v) is 8.81. The fraction of sp³-hybridized carbons (Fsp3) is 0.561. The molecule has 0 spiro atoms. The summed E-state index contributed by atoms with van der Waals surface area (Å²) in [4.78, 5) is 0. The molecule has 0 heterocycles. The molecule has 0 fully saturated rings. The van der Waals surface area contributed by atoms with Crippen molar-refractivity contribution >= 4 is 0 Å². The summed E-state index contributed by atoms with van der Waals surface area (Å²) in [5.74, 6) is 0. The highest BCUT2D eigenvalue weighted by Gasteiger charge is 2.38. The van der Waals surface area contributed by atoms with Crippen molar-refractivity contribution in [3.63, 3.8) is 0 Å². The van der Waals surface area contributed by atoms with E-state index in [0.29, 0.717) is 13.2 Å². The molecule has 3 aromatic rings. The highest BCUT2D eigenvalue weighted by Crippen LogP contribution is 2.40. The predicted molar refractivity (Wildman–Crippen MR) is 186 cm³/mol. The summed E-state index contributed by atoms with van der Waals surface area (Å²) in [6.07, 6.45) is 21.9. The zero-order valence-electron chi connectivity index (χ0n) is 27.9. The summed E-state index contributed by atoms with van der Waals surface area (Å²) in [5.41, 5.74) is 2.55. The van der Waals surface area contributed by atoms with E-state index in [-0.39, 0.29) is 6.10 Å². The maximum atomic E-state index is 6.92. The molecule has 3 nitrogen and oxygen atoms in total. The third-order valence-electron chi connectivity index (χ3n) is 8.81. The van der Waals surface area contributed by atoms with Crippen molar-refractivity contribution in [2.24, 2.45) is 0 Å². The molecule has 0 aliphatic heterocycles. The number of hydrogen-bond acceptors (Lipinski definition) is 3. The zero-order valence-corrected chi connectivity index (χ0v) is 27.9. The Morgan fingerprint density at radius 2 is 0.841 bits per heavy atom. The first-order chi connectivity index (χ1) is 21.8. The Morgan fingerprint density at radius 3 is 1.20 bits per heavy atom. The maximum absolute atomic E-state index is 6.92. The van der Waals surface area contributed by atoms with E-state index < -0.39 is 5.60 Å². The highest BCUT2D eigenvalue weighted by molar-refractivity contribution is 5.47. The monoisotopic (exact) mass is 600 g/mol. The Morgan fingerprint density at radius 1 is 0.477 bits per heavy atom. The molecule has 44 heavy (non-hydrogen) atoms. The molecule has 0 N–H and O–H groups in total. The number of rotatable bonds is 26. The van der Waals surface area contributed by atoms with Gasteiger partial charge in [0, 0.05) is 13.7 Å². The Hall–Kier alpha value is -2.46. The first-order valence-corrected chi connectivity index (χ1v) is 17.7. The van der Waals surface area contributed by atoms with Gasteiger partial charge < -0.3 is 14.2 Å². The number of ether oxygens (including phenoxy) is 3. The van der Waals surface area contributed by atoms with Crippen LogP contribution in [0.4, 0.5) is 0 Å². The highest BCUT2D eigenvalue weighted by atomic mass is 16.6. The lowest BCUT2D eigenvalue weighted by atomic mass is 9.80. The van der Waals surface area contributed by atoms with Gasteiger partial charge >= 0.3 is 0 Å². The minimum absolute atomic E-state index is 0.147. The van der Waals surface area contributed by atoms with E-state index in [9.17, 15) is 0 Å². The van der Waals surface area contributed by atoms with E-state index in [0.717, 1.165) is 29.7 Å². The standard InChI is InChI=1S/C41H60O3/c1-3-4-5-6-7-8-9-10-11-12-13-14-15-16-17-27-34-43-35-40(42-2)36-44-41(37-28-21-18-22-29-37,38-30-23-19-24-31-38)39-32-25-20-26-33-39/h18-26,28-33,40H,3-17,27,34-36H2,1-2H3/t40-/m1/s1. The number of benzene rings is 3. The molecule has 0 aliphatic carbocycles. The van der Waals surface area contributed by atoms with Crippen LogP contribution in [-0.4, -0.2) is 33.0 Å². The van der Waals surface area contributed by atoms with Crippen LogP contribution < -0.4 is 0 Å². The molecule has 0 saturated carbocycles. The second-order valence-corrected chi connectivity index (χ2v) is 12.3. The van der Waals surface area contributed by atoms with Crippen LogP contribution in [0.15, 0.2) is 91.0 Å². The van der Waals surface area contributed by atoms with Crippen molar-refractivity contribution in [1.82, 2.24) is 0 Å². The summed E-state index contributed by atoms with van der Waals surface area (Å²) in [5, 5.41) is 0. The average molecular weight is 601 g/mol. The molecule has 3 rings (SSSR count). The van der Waals surface area contributed by atoms with Crippen LogP contribution in [0.5, 0.6) is 0 Å². The smallest absolute Gasteiger partial charge is 0.143 e. The molecule has 3 heteroatoms. The van der Waals surface area contributed by atoms with Crippen molar-refractivity contribution in [3.05, 3.63) is 108 Å². The second kappa shape index (κ2) is 23.0. The summed E-state index contributed by atoms with van der Waals surface area (Å²) < 4.78 is 18.8. The van der Waals surface area contributed by atoms with Crippen molar-refractivity contribution in [1.29, 1.82) is 0 Å². The largest absolute Gasteiger partial charge is 0.379 e. The third kappa shape index (κ3) is 12.9. The van der Waals surface area contributed by atoms with E-state index >= 15 is 0 Å². The fourth-order valence-corrected chi connectivity index (χ4v) is 6.14. The molecule has 0 saturated heterocycles. The summed E-state index contributed by atoms with van der Waals surface area (Å²) in [6.45, 7) is 4.03. The van der Waals surface area contributed by atoms with Crippen LogP contribution in [0.3, 0.4) is 0 Å². The van der Waals surface area contributed by atoms with Crippen molar-refractivity contribution < 1.29 is 14.2 Å². The Bertz CT molecular complexity index is 956. The lowest BCUT2D eigenvalue weighted by Gasteiger charge is -2.37. The van der Waals surface area contributed by atoms with Crippen LogP contribution in [0, 0.1) is 0 Å². The Balaban J connectivity index is 1.34. The van der Waals surface area contributed by atoms with Crippen molar-refractivity contribution in [2.45, 2.75) is 121 Å². The van der Waals surface area contributed by atoms with Crippen LogP contribution >= 0.6 is 0 Å². The molecule has 0 unspecified atom stereocenters. The molecule has 0 radical (unpaired) electrons. The lowest BCUT2D eigenvalue weighted by molar-refractivity contribution is -0.0785. The van der Waals surface area contributed by atoms with E-state index in [1.54, 1.807) is 7.11 Å². The van der Waals surface area contributed by atoms with Gasteiger partial charge in [0.05, 0.1) is 13.2 Å². The Kier molecular flexibility index (Phi) is 18.8. The fourth-order valence-electron chi connectivity index (χ4n) is 6.14. The molecule has 0 aromatic heterocycles. The quantitative estimate of drug-likeness (QED) is 0.0677. The number of methoxy groups -OCH3 is 1. The first-order valence-electron chi connectivity index (χ1n) is 17.7. The van der Waals surface area contributed by atoms with Crippen molar-refractivity contribution in [3.8, 4) is 0 Å². The maximum Gasteiger partial charge on any atom is 0.143 e. The lowest BCUT2D eigenvalue weighted by Crippen LogP contribution is -2.37. The molecular formula is C41H60O3. The first kappa shape index (κ1) is 36.0. The van der Waals surface area contributed by atoms with Crippen LogP contribution in [-0.2, 0) is 19.8 Å². The van der Waals surface area contributed by atoms with Gasteiger partial charge in [0.25, 0.3) is 0 Å². The van der Waals surface area contributed by atoms with E-state index in [1.165, 1.54) is 96.3 Å². The molecule has 0 amide bonds. The van der Waals surface area contributed by atoms with Gasteiger partial charge in [0.1, 0.15) is 11.7 Å². The predicted octanol–water partition coefficient (Wildman–Crippen LogP) is 11.3. The summed E-state index contributed by atoms with van der Waals surface area (Å²) in [6, 6.07) is 31.5. The van der Waals surface area contributed by atoms with Gasteiger partial charge in [-0.25, -0.2) is 0 Å². The SMILES string of the molecule is CCCCCCCCCCCCCCCCCCOC[C@H](COC(c1ccccc1)(c1ccccc1)c1ccccc1)OC. The topological polar surface area (TPSA) is 27.7 Å². The zero-order chi connectivity index (χ0) is 31.0. The van der Waals surface area contributed by atoms with Gasteiger partial charge in [0.15, 0.2) is 0 Å². The summed E-state index contributed by atoms with van der Waals surface area (Å²) >= 11 is 0. The van der Waals surface area contributed by atoms with Gasteiger partial charge in [-0.3, -0.25) is 0 Å². The van der Waals surface area contributed by atoms with Crippen LogP contribution in [0.1, 0.15) is 126 Å². The normalized spacial score (nSPS) is 12.4. The summed E-state index contributed by atoms with van der Waals surface area (Å²) in [7, 11) is 1.75. The molecule has 242 valence electrons. The Labute approximate surface area is 269 Å². The molecule has 1 atom stereocenters. The van der Waals surface area contributed by atoms with Gasteiger partial charge in [-0.05, 0) is 23.1 Å². The second-order valence-electron chi connectivity index (χ2n) is 12.3. The van der Waals surface area contributed by atoms with Gasteiger partial charge in [0.2, 0.25) is 0 Å². The number of hydrogen-bond donors (Lipinski definition) is 0. The van der Waals surface area contributed by atoms with Gasteiger partial charge in [-0.15, -0.1) is 0 Å². The minimum atomic E-state index is -0.742.